The van der Waals surface area contributed by atoms with E-state index in [4.69, 9.17) is 9.47 Å². The number of carbonyl (C=O) groups excluding carboxylic acids is 1. The van der Waals surface area contributed by atoms with Gasteiger partial charge in [0.05, 0.1) is 35.9 Å². The van der Waals surface area contributed by atoms with Crippen molar-refractivity contribution < 1.29 is 54.9 Å². The fourth-order valence-electron chi connectivity index (χ4n) is 6.88. The number of fused-ring (bicyclic) bond motifs is 1. The molecule has 0 saturated carbocycles. The van der Waals surface area contributed by atoms with Crippen molar-refractivity contribution in [2.24, 2.45) is 0 Å². The zero-order valence-corrected chi connectivity index (χ0v) is 26.2. The number of carbonyl (C=O) groups is 2. The Kier molecular flexibility index (Phi) is 8.36. The molecule has 0 aromatic heterocycles. The first-order valence-electron chi connectivity index (χ1n) is 15.1. The quantitative estimate of drug-likeness (QED) is 0.204. The highest BCUT2D eigenvalue weighted by atomic mass is 19.4. The van der Waals surface area contributed by atoms with Crippen LogP contribution in [0.4, 0.5) is 35.5 Å². The number of nitrogens with zero attached hydrogens (tertiary/aromatic N) is 1. The van der Waals surface area contributed by atoms with Gasteiger partial charge in [-0.2, -0.15) is 26.3 Å². The lowest BCUT2D eigenvalue weighted by Crippen LogP contribution is -2.31. The van der Waals surface area contributed by atoms with Crippen LogP contribution in [0.3, 0.4) is 0 Å². The lowest BCUT2D eigenvalue weighted by molar-refractivity contribution is -0.138. The molecule has 49 heavy (non-hydrogen) atoms. The minimum atomic E-state index is -4.77. The van der Waals surface area contributed by atoms with E-state index in [0.717, 1.165) is 30.3 Å². The topological polar surface area (TPSA) is 76.1 Å². The number of amides is 1. The van der Waals surface area contributed by atoms with Gasteiger partial charge in [-0.1, -0.05) is 23.8 Å². The van der Waals surface area contributed by atoms with E-state index in [2.05, 4.69) is 0 Å². The maximum absolute atomic E-state index is 15.6. The summed E-state index contributed by atoms with van der Waals surface area (Å²) in [5.74, 6) is -1.93. The van der Waals surface area contributed by atoms with Gasteiger partial charge in [0.15, 0.2) is 0 Å². The summed E-state index contributed by atoms with van der Waals surface area (Å²) in [6, 6.07) is 11.1. The summed E-state index contributed by atoms with van der Waals surface area (Å²) < 4.78 is 110. The molecular weight excluding hydrogens is 659 g/mol. The van der Waals surface area contributed by atoms with Crippen LogP contribution in [0, 0.1) is 19.7 Å². The zero-order valence-electron chi connectivity index (χ0n) is 26.2. The summed E-state index contributed by atoms with van der Waals surface area (Å²) in [6.07, 6.45) is -11.0. The standard InChI is InChI=1S/C36H28F7NO5/c1-17-10-20(13-22(11-17)36(41,42)43)32-30-9-8-29(44(30)34(47)49-32)26-14-21(35(38,39)40)5-7-24(26)27-15-25(28(37)16-31(27)48-3)23-6-4-19(33(45)46)12-18(23)2/h4-7,10-16,29-30,32H,8-9H2,1-3H3,(H,45,46)/t29-,30-,32+/m0/s1. The van der Waals surface area contributed by atoms with Gasteiger partial charge in [0.25, 0.3) is 0 Å². The number of cyclic esters (lactones) is 1. The zero-order chi connectivity index (χ0) is 35.6. The van der Waals surface area contributed by atoms with Crippen LogP contribution in [-0.2, 0) is 17.1 Å². The van der Waals surface area contributed by atoms with Crippen molar-refractivity contribution in [2.45, 2.75) is 57.2 Å². The third-order valence-corrected chi connectivity index (χ3v) is 9.05. The second-order valence-corrected chi connectivity index (χ2v) is 12.2. The number of rotatable bonds is 6. The van der Waals surface area contributed by atoms with E-state index in [1.807, 2.05) is 0 Å². The Morgan fingerprint density at radius 1 is 0.837 bits per heavy atom. The normalized spacial score (nSPS) is 19.2. The SMILES string of the molecule is COc1cc(F)c(-c2ccc(C(=O)O)cc2C)cc1-c1ccc(C(F)(F)F)cc1[C@@H]1CC[C@H]2[C@@H](c3cc(C)cc(C(F)(F)F)c3)OC(=O)N12. The molecule has 0 spiro atoms. The molecule has 256 valence electrons. The van der Waals surface area contributed by atoms with E-state index in [9.17, 15) is 41.0 Å². The monoisotopic (exact) mass is 687 g/mol. The summed E-state index contributed by atoms with van der Waals surface area (Å²) in [5, 5.41) is 9.37. The van der Waals surface area contributed by atoms with Crippen LogP contribution in [0.2, 0.25) is 0 Å². The minimum absolute atomic E-state index is 0.0158. The molecule has 2 heterocycles. The molecule has 0 aliphatic carbocycles. The number of hydrogen-bond donors (Lipinski definition) is 1. The second-order valence-electron chi connectivity index (χ2n) is 12.2. The van der Waals surface area contributed by atoms with Gasteiger partial charge in [0.1, 0.15) is 17.7 Å². The van der Waals surface area contributed by atoms with Gasteiger partial charge >= 0.3 is 24.4 Å². The molecule has 2 aliphatic heterocycles. The summed E-state index contributed by atoms with van der Waals surface area (Å²) in [4.78, 5) is 26.1. The molecule has 0 bridgehead atoms. The van der Waals surface area contributed by atoms with Crippen LogP contribution >= 0.6 is 0 Å². The number of methoxy groups -OCH3 is 1. The lowest BCUT2D eigenvalue weighted by Gasteiger charge is -2.26. The first-order chi connectivity index (χ1) is 23.0. The van der Waals surface area contributed by atoms with Gasteiger partial charge in [-0.25, -0.2) is 14.0 Å². The van der Waals surface area contributed by atoms with E-state index in [1.165, 1.54) is 55.3 Å². The van der Waals surface area contributed by atoms with Crippen LogP contribution in [0.5, 0.6) is 5.75 Å². The van der Waals surface area contributed by atoms with Gasteiger partial charge < -0.3 is 14.6 Å². The van der Waals surface area contributed by atoms with Crippen molar-refractivity contribution in [1.82, 2.24) is 4.90 Å². The Bertz CT molecular complexity index is 1990. The number of carboxylic acids is 1. The highest BCUT2D eigenvalue weighted by Gasteiger charge is 2.51. The van der Waals surface area contributed by atoms with E-state index in [0.29, 0.717) is 16.7 Å². The Morgan fingerprint density at radius 3 is 2.16 bits per heavy atom. The number of ether oxygens (including phenoxy) is 2. The molecule has 1 amide bonds. The largest absolute Gasteiger partial charge is 0.496 e. The van der Waals surface area contributed by atoms with E-state index < -0.39 is 59.5 Å². The third-order valence-electron chi connectivity index (χ3n) is 9.05. The fraction of sp³-hybridized carbons (Fsp3) is 0.278. The number of halogens is 7. The van der Waals surface area contributed by atoms with Crippen molar-refractivity contribution in [3.05, 3.63) is 111 Å². The number of alkyl halides is 6. The van der Waals surface area contributed by atoms with Gasteiger partial charge in [0.2, 0.25) is 0 Å². The highest BCUT2D eigenvalue weighted by Crippen LogP contribution is 2.51. The lowest BCUT2D eigenvalue weighted by atomic mass is 9.88. The summed E-state index contributed by atoms with van der Waals surface area (Å²) in [6.45, 7) is 3.07. The number of carboxylic acid groups (broad SMARTS) is 1. The fourth-order valence-corrected chi connectivity index (χ4v) is 6.88. The Balaban J connectivity index is 1.48. The van der Waals surface area contributed by atoms with Crippen LogP contribution < -0.4 is 4.74 Å². The predicted octanol–water partition coefficient (Wildman–Crippen LogP) is 9.92. The van der Waals surface area contributed by atoms with E-state index in [-0.39, 0.29) is 52.0 Å². The van der Waals surface area contributed by atoms with Crippen LogP contribution in [0.25, 0.3) is 22.3 Å². The Morgan fingerprint density at radius 2 is 1.53 bits per heavy atom. The Labute approximate surface area is 275 Å². The van der Waals surface area contributed by atoms with Gasteiger partial charge in [-0.15, -0.1) is 0 Å². The predicted molar refractivity (Wildman–Crippen MR) is 164 cm³/mol. The summed E-state index contributed by atoms with van der Waals surface area (Å²) in [7, 11) is 1.26. The Hall–Kier alpha value is -5.07. The van der Waals surface area contributed by atoms with Gasteiger partial charge in [-0.05, 0) is 97.0 Å². The molecular formula is C36H28F7NO5. The van der Waals surface area contributed by atoms with Crippen molar-refractivity contribution in [3.8, 4) is 28.0 Å². The van der Waals surface area contributed by atoms with Crippen LogP contribution in [0.15, 0.2) is 66.7 Å². The molecule has 1 N–H and O–H groups in total. The first-order valence-corrected chi connectivity index (χ1v) is 15.1. The first kappa shape index (κ1) is 33.8. The van der Waals surface area contributed by atoms with Crippen molar-refractivity contribution in [3.63, 3.8) is 0 Å². The molecule has 2 aliphatic rings. The number of benzene rings is 4. The minimum Gasteiger partial charge on any atom is -0.496 e. The average molecular weight is 688 g/mol. The van der Waals surface area contributed by atoms with Crippen LogP contribution in [0.1, 0.15) is 68.7 Å². The molecule has 0 unspecified atom stereocenters. The van der Waals surface area contributed by atoms with Crippen molar-refractivity contribution >= 4 is 12.1 Å². The van der Waals surface area contributed by atoms with Gasteiger partial charge in [-0.3, -0.25) is 4.90 Å². The second kappa shape index (κ2) is 12.1. The number of aromatic carboxylic acids is 1. The van der Waals surface area contributed by atoms with Gasteiger partial charge in [0, 0.05) is 17.2 Å². The molecule has 3 atom stereocenters. The maximum atomic E-state index is 15.6. The average Bonchev–Trinajstić information content (AvgIpc) is 3.60. The number of hydrogen-bond acceptors (Lipinski definition) is 4. The highest BCUT2D eigenvalue weighted by molar-refractivity contribution is 5.89. The third kappa shape index (κ3) is 6.17. The molecule has 6 nitrogen and oxygen atoms in total. The molecule has 13 heteroatoms. The molecule has 0 radical (unpaired) electrons. The molecule has 4 aromatic rings. The summed E-state index contributed by atoms with van der Waals surface area (Å²) >= 11 is 0. The molecule has 6 rings (SSSR count). The molecule has 4 aromatic carbocycles. The van der Waals surface area contributed by atoms with E-state index in [1.54, 1.807) is 6.92 Å². The maximum Gasteiger partial charge on any atom is 0.416 e. The smallest absolute Gasteiger partial charge is 0.416 e. The van der Waals surface area contributed by atoms with Crippen LogP contribution in [-0.4, -0.2) is 35.2 Å². The van der Waals surface area contributed by atoms with Crippen molar-refractivity contribution in [2.75, 3.05) is 7.11 Å². The molecule has 2 fully saturated rings. The number of aryl methyl sites for hydroxylation is 2. The molecule has 2 saturated heterocycles. The van der Waals surface area contributed by atoms with E-state index >= 15 is 4.39 Å². The summed E-state index contributed by atoms with van der Waals surface area (Å²) in [5.41, 5.74) is -0.286. The van der Waals surface area contributed by atoms with Crippen molar-refractivity contribution in [1.29, 1.82) is 0 Å².